The van der Waals surface area contributed by atoms with Crippen molar-refractivity contribution in [2.45, 2.75) is 6.42 Å². The second-order valence-electron chi connectivity index (χ2n) is 3.68. The highest BCUT2D eigenvalue weighted by molar-refractivity contribution is 7.98. The number of nitrogens with one attached hydrogen (secondary N) is 2. The third-order valence-electron chi connectivity index (χ3n) is 2.49. The molecule has 0 radical (unpaired) electrons. The highest BCUT2D eigenvalue weighted by Gasteiger charge is 2.08. The lowest BCUT2D eigenvalue weighted by Gasteiger charge is -2.27. The predicted octanol–water partition coefficient (Wildman–Crippen LogP) is 0.183. The van der Waals surface area contributed by atoms with Crippen LogP contribution in [0.2, 0.25) is 0 Å². The fraction of sp³-hybridized carbons (Fsp3) is 0.900. The molecule has 0 aromatic rings. The molecule has 1 rings (SSSR count). The maximum absolute atomic E-state index is 11.3. The van der Waals surface area contributed by atoms with Gasteiger partial charge in [0.25, 0.3) is 0 Å². The molecular weight excluding hydrogens is 246 g/mol. The van der Waals surface area contributed by atoms with Crippen LogP contribution in [0.1, 0.15) is 6.42 Å². The zero-order valence-corrected chi connectivity index (χ0v) is 11.5. The van der Waals surface area contributed by atoms with Crippen molar-refractivity contribution in [1.82, 2.24) is 15.5 Å². The number of carbonyl (C=O) groups excluding carboxylic acids is 1. The van der Waals surface area contributed by atoms with E-state index in [1.807, 2.05) is 6.26 Å². The Morgan fingerprint density at radius 1 is 1.44 bits per heavy atom. The van der Waals surface area contributed by atoms with Crippen molar-refractivity contribution >= 4 is 30.1 Å². The van der Waals surface area contributed by atoms with Crippen LogP contribution in [0.4, 0.5) is 0 Å². The lowest BCUT2D eigenvalue weighted by molar-refractivity contribution is -0.120. The van der Waals surface area contributed by atoms with Crippen LogP contribution in [0.5, 0.6) is 0 Å². The van der Waals surface area contributed by atoms with E-state index in [2.05, 4.69) is 15.5 Å². The number of nitrogens with zero attached hydrogens (tertiary/aromatic N) is 1. The zero-order valence-electron chi connectivity index (χ0n) is 9.83. The molecule has 1 saturated heterocycles. The van der Waals surface area contributed by atoms with E-state index < -0.39 is 0 Å². The summed E-state index contributed by atoms with van der Waals surface area (Å²) in [7, 11) is 0. The van der Waals surface area contributed by atoms with E-state index in [1.165, 1.54) is 0 Å². The van der Waals surface area contributed by atoms with Gasteiger partial charge in [-0.2, -0.15) is 11.8 Å². The number of thioether (sulfide) groups is 1. The molecule has 2 N–H and O–H groups in total. The Morgan fingerprint density at radius 3 is 2.75 bits per heavy atom. The first-order valence-corrected chi connectivity index (χ1v) is 6.91. The molecular formula is C10H22ClN3OS. The van der Waals surface area contributed by atoms with Gasteiger partial charge < -0.3 is 10.6 Å². The number of halogens is 1. The van der Waals surface area contributed by atoms with Gasteiger partial charge in [-0.1, -0.05) is 0 Å². The lowest BCUT2D eigenvalue weighted by Crippen LogP contribution is -2.46. The SMILES string of the molecule is CSCCC(=O)NCCN1CCNCC1.Cl. The summed E-state index contributed by atoms with van der Waals surface area (Å²) in [6.45, 7) is 6.10. The van der Waals surface area contributed by atoms with Gasteiger partial charge in [0.2, 0.25) is 5.91 Å². The Hall–Kier alpha value is 0.0300. The molecule has 0 atom stereocenters. The highest BCUT2D eigenvalue weighted by Crippen LogP contribution is 1.95. The number of piperazine rings is 1. The first-order chi connectivity index (χ1) is 7.33. The van der Waals surface area contributed by atoms with Gasteiger partial charge in [0, 0.05) is 51.4 Å². The average Bonchev–Trinajstić information content (AvgIpc) is 2.28. The molecule has 0 aromatic heterocycles. The van der Waals surface area contributed by atoms with Crippen LogP contribution in [0, 0.1) is 0 Å². The Labute approximate surface area is 108 Å². The van der Waals surface area contributed by atoms with E-state index in [0.29, 0.717) is 6.42 Å². The molecule has 0 aromatic carbocycles. The zero-order chi connectivity index (χ0) is 10.9. The van der Waals surface area contributed by atoms with Crippen molar-refractivity contribution in [1.29, 1.82) is 0 Å². The van der Waals surface area contributed by atoms with Crippen LogP contribution in [-0.2, 0) is 4.79 Å². The van der Waals surface area contributed by atoms with Gasteiger partial charge in [-0.25, -0.2) is 0 Å². The molecule has 1 heterocycles. The van der Waals surface area contributed by atoms with Gasteiger partial charge in [-0.3, -0.25) is 9.69 Å². The number of carbonyl (C=O) groups is 1. The van der Waals surface area contributed by atoms with E-state index in [-0.39, 0.29) is 18.3 Å². The molecule has 96 valence electrons. The van der Waals surface area contributed by atoms with Crippen LogP contribution in [0.25, 0.3) is 0 Å². The summed E-state index contributed by atoms with van der Waals surface area (Å²) in [5.74, 6) is 1.10. The number of amides is 1. The molecule has 0 spiro atoms. The predicted molar refractivity (Wildman–Crippen MR) is 72.6 cm³/mol. The molecule has 1 amide bonds. The smallest absolute Gasteiger partial charge is 0.220 e. The maximum Gasteiger partial charge on any atom is 0.220 e. The van der Waals surface area contributed by atoms with Crippen molar-refractivity contribution in [2.75, 3.05) is 51.3 Å². The number of hydrogen-bond acceptors (Lipinski definition) is 4. The molecule has 0 aliphatic carbocycles. The minimum atomic E-state index is 0. The third-order valence-corrected chi connectivity index (χ3v) is 3.11. The van der Waals surface area contributed by atoms with Gasteiger partial charge in [0.1, 0.15) is 0 Å². The van der Waals surface area contributed by atoms with Crippen LogP contribution < -0.4 is 10.6 Å². The quantitative estimate of drug-likeness (QED) is 0.721. The summed E-state index contributed by atoms with van der Waals surface area (Å²) < 4.78 is 0. The minimum Gasteiger partial charge on any atom is -0.355 e. The first-order valence-electron chi connectivity index (χ1n) is 5.51. The molecule has 1 aliphatic rings. The lowest BCUT2D eigenvalue weighted by atomic mass is 10.3. The van der Waals surface area contributed by atoms with Crippen molar-refractivity contribution in [2.24, 2.45) is 0 Å². The Balaban J connectivity index is 0.00000225. The molecule has 6 heteroatoms. The normalized spacial score (nSPS) is 16.6. The van der Waals surface area contributed by atoms with Gasteiger partial charge >= 0.3 is 0 Å². The van der Waals surface area contributed by atoms with E-state index in [0.717, 1.165) is 45.0 Å². The highest BCUT2D eigenvalue weighted by atomic mass is 35.5. The molecule has 0 unspecified atom stereocenters. The molecule has 0 bridgehead atoms. The fourth-order valence-electron chi connectivity index (χ4n) is 1.57. The Kier molecular flexibility index (Phi) is 10.2. The molecule has 16 heavy (non-hydrogen) atoms. The maximum atomic E-state index is 11.3. The largest absolute Gasteiger partial charge is 0.355 e. The standard InChI is InChI=1S/C10H21N3OS.ClH/c1-15-9-2-10(14)12-5-8-13-6-3-11-4-7-13;/h11H,2-9H2,1H3,(H,12,14);1H. The van der Waals surface area contributed by atoms with Crippen LogP contribution in [0.15, 0.2) is 0 Å². The van der Waals surface area contributed by atoms with E-state index >= 15 is 0 Å². The van der Waals surface area contributed by atoms with E-state index in [9.17, 15) is 4.79 Å². The van der Waals surface area contributed by atoms with Crippen molar-refractivity contribution in [3.8, 4) is 0 Å². The van der Waals surface area contributed by atoms with Gasteiger partial charge in [0.15, 0.2) is 0 Å². The summed E-state index contributed by atoms with van der Waals surface area (Å²) in [6.07, 6.45) is 2.66. The minimum absolute atomic E-state index is 0. The van der Waals surface area contributed by atoms with Gasteiger partial charge in [-0.05, 0) is 6.26 Å². The Morgan fingerprint density at radius 2 is 2.12 bits per heavy atom. The van der Waals surface area contributed by atoms with E-state index in [1.54, 1.807) is 11.8 Å². The monoisotopic (exact) mass is 267 g/mol. The van der Waals surface area contributed by atoms with Crippen molar-refractivity contribution < 1.29 is 4.79 Å². The first kappa shape index (κ1) is 16.0. The van der Waals surface area contributed by atoms with Crippen molar-refractivity contribution in [3.63, 3.8) is 0 Å². The molecule has 0 saturated carbocycles. The van der Waals surface area contributed by atoms with Crippen LogP contribution in [-0.4, -0.2) is 62.1 Å². The average molecular weight is 268 g/mol. The Bertz CT molecular complexity index is 189. The van der Waals surface area contributed by atoms with Crippen molar-refractivity contribution in [3.05, 3.63) is 0 Å². The summed E-state index contributed by atoms with van der Waals surface area (Å²) in [6, 6.07) is 0. The summed E-state index contributed by atoms with van der Waals surface area (Å²) in [4.78, 5) is 13.7. The number of rotatable bonds is 6. The fourth-order valence-corrected chi connectivity index (χ4v) is 1.96. The summed E-state index contributed by atoms with van der Waals surface area (Å²) in [5, 5.41) is 6.26. The number of hydrogen-bond donors (Lipinski definition) is 2. The second-order valence-corrected chi connectivity index (χ2v) is 4.67. The summed E-state index contributed by atoms with van der Waals surface area (Å²) in [5.41, 5.74) is 0. The molecule has 1 fully saturated rings. The molecule has 4 nitrogen and oxygen atoms in total. The topological polar surface area (TPSA) is 44.4 Å². The third kappa shape index (κ3) is 7.33. The van der Waals surface area contributed by atoms with Crippen LogP contribution in [0.3, 0.4) is 0 Å². The van der Waals surface area contributed by atoms with Gasteiger partial charge in [0.05, 0.1) is 0 Å². The van der Waals surface area contributed by atoms with Gasteiger partial charge in [-0.15, -0.1) is 12.4 Å². The van der Waals surface area contributed by atoms with Crippen LogP contribution >= 0.6 is 24.2 Å². The second kappa shape index (κ2) is 10.2. The summed E-state index contributed by atoms with van der Waals surface area (Å²) >= 11 is 1.71. The van der Waals surface area contributed by atoms with E-state index in [4.69, 9.17) is 0 Å². The molecule has 1 aliphatic heterocycles.